The van der Waals surface area contributed by atoms with Gasteiger partial charge in [0.2, 0.25) is 0 Å². The van der Waals surface area contributed by atoms with E-state index in [0.29, 0.717) is 25.9 Å². The fraction of sp³-hybridized carbons (Fsp3) is 0.800. The van der Waals surface area contributed by atoms with Crippen LogP contribution >= 0.6 is 11.3 Å². The Labute approximate surface area is 142 Å². The molecule has 0 spiro atoms. The Morgan fingerprint density at radius 2 is 2.26 bits per heavy atom. The third-order valence-electron chi connectivity index (χ3n) is 4.25. The Morgan fingerprint density at radius 3 is 2.87 bits per heavy atom. The highest BCUT2D eigenvalue weighted by atomic mass is 32.2. The van der Waals surface area contributed by atoms with Crippen molar-refractivity contribution in [2.45, 2.75) is 38.5 Å². The topological polar surface area (TPSA) is 53.5 Å². The van der Waals surface area contributed by atoms with Crippen LogP contribution in [0.1, 0.15) is 23.4 Å². The summed E-state index contributed by atoms with van der Waals surface area (Å²) in [7, 11) is -0.932. The third kappa shape index (κ3) is 6.10. The fourth-order valence-electron chi connectivity index (χ4n) is 3.02. The van der Waals surface area contributed by atoms with Gasteiger partial charge >= 0.3 is 0 Å². The number of hydrogen-bond acceptors (Lipinski definition) is 6. The third-order valence-corrected chi connectivity index (χ3v) is 6.20. The van der Waals surface area contributed by atoms with Crippen LogP contribution in [-0.4, -0.2) is 74.1 Å². The first-order chi connectivity index (χ1) is 10.7. The predicted molar refractivity (Wildman–Crippen MR) is 92.4 cm³/mol. The zero-order valence-corrected chi connectivity index (χ0v) is 15.7. The zero-order valence-electron chi connectivity index (χ0n) is 14.0. The molecule has 0 N–H and O–H groups in total. The summed E-state index contributed by atoms with van der Waals surface area (Å²) >= 11 is 1.62. The number of likely N-dealkylation sites (tertiary alicyclic amines) is 1. The Balaban J connectivity index is 1.85. The summed E-state index contributed by atoms with van der Waals surface area (Å²) in [5.41, 5.74) is 2.86. The van der Waals surface area contributed by atoms with Crippen molar-refractivity contribution in [3.8, 4) is 0 Å². The maximum absolute atomic E-state index is 13.9. The number of aromatic nitrogens is 1. The van der Waals surface area contributed by atoms with Gasteiger partial charge in [-0.25, -0.2) is 17.8 Å². The number of halogens is 1. The highest BCUT2D eigenvalue weighted by Gasteiger charge is 2.33. The van der Waals surface area contributed by atoms with Crippen molar-refractivity contribution in [2.75, 3.05) is 38.7 Å². The number of likely N-dealkylation sites (N-methyl/N-ethyl adjacent to an activating group) is 1. The minimum Gasteiger partial charge on any atom is -0.305 e. The van der Waals surface area contributed by atoms with Gasteiger partial charge < -0.3 is 4.90 Å². The van der Waals surface area contributed by atoms with E-state index in [1.807, 2.05) is 19.5 Å². The van der Waals surface area contributed by atoms with Crippen LogP contribution in [-0.2, 0) is 16.4 Å². The second-order valence-corrected chi connectivity index (χ2v) is 9.72. The summed E-state index contributed by atoms with van der Waals surface area (Å²) in [6, 6.07) is 0.176. The van der Waals surface area contributed by atoms with Crippen LogP contribution in [0.2, 0.25) is 0 Å². The molecule has 0 aromatic carbocycles. The maximum Gasteiger partial charge on any atom is 0.147 e. The monoisotopic (exact) mass is 363 g/mol. The van der Waals surface area contributed by atoms with Gasteiger partial charge in [0.25, 0.3) is 0 Å². The van der Waals surface area contributed by atoms with Crippen molar-refractivity contribution >= 4 is 21.2 Å². The van der Waals surface area contributed by atoms with Crippen LogP contribution in [0, 0.1) is 6.92 Å². The molecule has 1 aliphatic heterocycles. The van der Waals surface area contributed by atoms with Gasteiger partial charge in [-0.15, -0.1) is 11.3 Å². The summed E-state index contributed by atoms with van der Waals surface area (Å²) in [5, 5.41) is 0. The van der Waals surface area contributed by atoms with Crippen molar-refractivity contribution in [2.24, 2.45) is 0 Å². The van der Waals surface area contributed by atoms with Crippen molar-refractivity contribution in [3.63, 3.8) is 0 Å². The molecular formula is C15H26FN3O2S2. The van der Waals surface area contributed by atoms with Crippen LogP contribution in [0.3, 0.4) is 0 Å². The van der Waals surface area contributed by atoms with Crippen LogP contribution in [0.15, 0.2) is 5.51 Å². The van der Waals surface area contributed by atoms with E-state index in [0.717, 1.165) is 18.8 Å². The molecule has 1 aromatic rings. The number of hydrogen-bond donors (Lipinski definition) is 0. The lowest BCUT2D eigenvalue weighted by atomic mass is 10.2. The quantitative estimate of drug-likeness (QED) is 0.704. The van der Waals surface area contributed by atoms with Gasteiger partial charge in [0.15, 0.2) is 0 Å². The molecule has 2 rings (SSSR count). The summed E-state index contributed by atoms with van der Waals surface area (Å²) in [5.74, 6) is 0.206. The molecule has 0 amide bonds. The van der Waals surface area contributed by atoms with E-state index in [1.165, 1.54) is 11.1 Å². The van der Waals surface area contributed by atoms with E-state index in [4.69, 9.17) is 0 Å². The number of alkyl halides is 1. The highest BCUT2D eigenvalue weighted by Crippen LogP contribution is 2.25. The molecule has 0 bridgehead atoms. The molecule has 2 atom stereocenters. The predicted octanol–water partition coefficient (Wildman–Crippen LogP) is 1.73. The van der Waals surface area contributed by atoms with Crippen LogP contribution < -0.4 is 0 Å². The van der Waals surface area contributed by atoms with Crippen molar-refractivity contribution in [1.82, 2.24) is 14.8 Å². The molecule has 1 aliphatic rings. The number of sulfone groups is 1. The summed E-state index contributed by atoms with van der Waals surface area (Å²) in [4.78, 5) is 9.76. The molecule has 1 fully saturated rings. The first kappa shape index (κ1) is 18.8. The van der Waals surface area contributed by atoms with Crippen molar-refractivity contribution < 1.29 is 12.8 Å². The molecule has 5 nitrogen and oxygen atoms in total. The smallest absolute Gasteiger partial charge is 0.147 e. The van der Waals surface area contributed by atoms with Gasteiger partial charge in [-0.3, -0.25) is 4.90 Å². The molecule has 1 aromatic heterocycles. The SMILES string of the molecule is Cc1ncsc1CN1C[C@@H](F)C[C@H]1CN(C)CCCS(C)(=O)=O. The van der Waals surface area contributed by atoms with E-state index in [1.54, 1.807) is 11.3 Å². The van der Waals surface area contributed by atoms with Gasteiger partial charge in [0, 0.05) is 36.8 Å². The number of aryl methyl sites for hydroxylation is 1. The highest BCUT2D eigenvalue weighted by molar-refractivity contribution is 7.90. The average Bonchev–Trinajstić information content (AvgIpc) is 2.95. The molecule has 0 saturated carbocycles. The van der Waals surface area contributed by atoms with Crippen LogP contribution in [0.5, 0.6) is 0 Å². The van der Waals surface area contributed by atoms with Gasteiger partial charge in [-0.05, 0) is 33.4 Å². The first-order valence-corrected chi connectivity index (χ1v) is 10.8. The molecule has 132 valence electrons. The minimum atomic E-state index is -2.91. The molecule has 23 heavy (non-hydrogen) atoms. The van der Waals surface area contributed by atoms with Gasteiger partial charge in [-0.2, -0.15) is 0 Å². The minimum absolute atomic E-state index is 0.176. The zero-order chi connectivity index (χ0) is 17.0. The van der Waals surface area contributed by atoms with Crippen LogP contribution in [0.25, 0.3) is 0 Å². The second kappa shape index (κ2) is 8.00. The Kier molecular flexibility index (Phi) is 6.53. The fourth-order valence-corrected chi connectivity index (χ4v) is 4.47. The molecule has 8 heteroatoms. The maximum atomic E-state index is 13.9. The van der Waals surface area contributed by atoms with Gasteiger partial charge in [0.05, 0.1) is 17.0 Å². The number of nitrogens with zero attached hydrogens (tertiary/aromatic N) is 3. The number of thiazole rings is 1. The molecular weight excluding hydrogens is 337 g/mol. The Hall–Kier alpha value is -0.570. The summed E-state index contributed by atoms with van der Waals surface area (Å²) in [6.07, 6.45) is 1.65. The van der Waals surface area contributed by atoms with E-state index in [-0.39, 0.29) is 11.8 Å². The average molecular weight is 364 g/mol. The van der Waals surface area contributed by atoms with E-state index >= 15 is 0 Å². The molecule has 0 aliphatic carbocycles. The second-order valence-electron chi connectivity index (χ2n) is 6.52. The summed E-state index contributed by atoms with van der Waals surface area (Å²) < 4.78 is 36.2. The Morgan fingerprint density at radius 1 is 1.52 bits per heavy atom. The van der Waals surface area contributed by atoms with E-state index in [9.17, 15) is 12.8 Å². The molecule has 2 heterocycles. The standard InChI is InChI=1S/C15H26FN3O2S2/c1-12-15(22-11-17-12)10-19-8-13(16)7-14(19)9-18(2)5-4-6-23(3,20)21/h11,13-14H,4-10H2,1-3H3/t13-,14-/m0/s1. The normalized spacial score (nSPS) is 23.0. The van der Waals surface area contributed by atoms with Crippen molar-refractivity contribution in [3.05, 3.63) is 16.1 Å². The van der Waals surface area contributed by atoms with Gasteiger partial charge in [-0.1, -0.05) is 0 Å². The Bertz CT molecular complexity index is 606. The van der Waals surface area contributed by atoms with E-state index in [2.05, 4.69) is 14.8 Å². The first-order valence-electron chi connectivity index (χ1n) is 7.88. The largest absolute Gasteiger partial charge is 0.305 e. The number of rotatable bonds is 8. The summed E-state index contributed by atoms with van der Waals surface area (Å²) in [6.45, 7) is 4.69. The molecule has 0 radical (unpaired) electrons. The van der Waals surface area contributed by atoms with Crippen molar-refractivity contribution in [1.29, 1.82) is 0 Å². The lowest BCUT2D eigenvalue weighted by molar-refractivity contribution is 0.185. The lowest BCUT2D eigenvalue weighted by Crippen LogP contribution is -2.39. The van der Waals surface area contributed by atoms with E-state index < -0.39 is 16.0 Å². The molecule has 0 unspecified atom stereocenters. The molecule has 1 saturated heterocycles. The van der Waals surface area contributed by atoms with Crippen LogP contribution in [0.4, 0.5) is 4.39 Å². The van der Waals surface area contributed by atoms with Gasteiger partial charge in [0.1, 0.15) is 16.0 Å². The lowest BCUT2D eigenvalue weighted by Gasteiger charge is -2.28.